The highest BCUT2D eigenvalue weighted by Gasteiger charge is 2.39. The molecular weight excluding hydrogens is 252 g/mol. The molecule has 4 heteroatoms. The number of rotatable bonds is 3. The summed E-state index contributed by atoms with van der Waals surface area (Å²) in [5.41, 5.74) is 0.737. The Balaban J connectivity index is 1.52. The van der Waals surface area contributed by atoms with Crippen molar-refractivity contribution in [2.24, 2.45) is 0 Å². The standard InChI is InChI=1S/C16H22N2O2/c19-15(13-5-2-1-3-6-13)18-11-14-7-4-8-16(20-14)9-10-17-12-16/h1-3,5-6,14,17H,4,7-12H2,(H,18,19)/t14-,16-/m1/s1. The van der Waals surface area contributed by atoms with Crippen molar-refractivity contribution in [3.63, 3.8) is 0 Å². The van der Waals surface area contributed by atoms with Crippen LogP contribution in [0.15, 0.2) is 30.3 Å². The van der Waals surface area contributed by atoms with Gasteiger partial charge in [-0.3, -0.25) is 4.79 Å². The van der Waals surface area contributed by atoms with Crippen molar-refractivity contribution in [3.8, 4) is 0 Å². The molecule has 0 radical (unpaired) electrons. The number of ether oxygens (including phenoxy) is 1. The van der Waals surface area contributed by atoms with E-state index in [1.165, 1.54) is 6.42 Å². The molecular formula is C16H22N2O2. The number of nitrogens with one attached hydrogen (secondary N) is 2. The van der Waals surface area contributed by atoms with Gasteiger partial charge in [0, 0.05) is 18.7 Å². The predicted octanol–water partition coefficient (Wildman–Crippen LogP) is 1.72. The molecule has 108 valence electrons. The third-order valence-electron chi connectivity index (χ3n) is 4.31. The number of benzene rings is 1. The molecule has 4 nitrogen and oxygen atoms in total. The topological polar surface area (TPSA) is 50.4 Å². The molecule has 0 bridgehead atoms. The van der Waals surface area contributed by atoms with Gasteiger partial charge in [0.15, 0.2) is 0 Å². The number of carbonyl (C=O) groups is 1. The molecule has 2 N–H and O–H groups in total. The molecule has 1 aromatic rings. The summed E-state index contributed by atoms with van der Waals surface area (Å²) >= 11 is 0. The molecule has 0 aliphatic carbocycles. The maximum absolute atomic E-state index is 12.0. The van der Waals surface area contributed by atoms with E-state index in [1.54, 1.807) is 0 Å². The minimum Gasteiger partial charge on any atom is -0.369 e. The lowest BCUT2D eigenvalue weighted by atomic mass is 9.90. The number of carbonyl (C=O) groups excluding carboxylic acids is 1. The van der Waals surface area contributed by atoms with E-state index in [2.05, 4.69) is 10.6 Å². The third-order valence-corrected chi connectivity index (χ3v) is 4.31. The minimum absolute atomic E-state index is 0.0154. The van der Waals surface area contributed by atoms with Crippen molar-refractivity contribution in [1.82, 2.24) is 10.6 Å². The fraction of sp³-hybridized carbons (Fsp3) is 0.562. The molecule has 1 aromatic carbocycles. The lowest BCUT2D eigenvalue weighted by Gasteiger charge is -2.38. The molecule has 2 aliphatic heterocycles. The zero-order chi connectivity index (χ0) is 13.8. The number of amides is 1. The Morgan fingerprint density at radius 3 is 2.95 bits per heavy atom. The Morgan fingerprint density at radius 2 is 2.20 bits per heavy atom. The Bertz CT molecular complexity index is 455. The van der Waals surface area contributed by atoms with Gasteiger partial charge in [0.2, 0.25) is 0 Å². The van der Waals surface area contributed by atoms with Crippen molar-refractivity contribution in [3.05, 3.63) is 35.9 Å². The Labute approximate surface area is 119 Å². The Morgan fingerprint density at radius 1 is 1.35 bits per heavy atom. The molecule has 3 rings (SSSR count). The lowest BCUT2D eigenvalue weighted by Crippen LogP contribution is -2.46. The normalized spacial score (nSPS) is 29.5. The molecule has 2 heterocycles. The van der Waals surface area contributed by atoms with Gasteiger partial charge in [0.05, 0.1) is 11.7 Å². The summed E-state index contributed by atoms with van der Waals surface area (Å²) in [7, 11) is 0. The van der Waals surface area contributed by atoms with Gasteiger partial charge in [-0.2, -0.15) is 0 Å². The highest BCUT2D eigenvalue weighted by Crippen LogP contribution is 2.33. The van der Waals surface area contributed by atoms with Crippen molar-refractivity contribution in [1.29, 1.82) is 0 Å². The van der Waals surface area contributed by atoms with Crippen LogP contribution >= 0.6 is 0 Å². The second kappa shape index (κ2) is 5.94. The molecule has 2 atom stereocenters. The van der Waals surface area contributed by atoms with Gasteiger partial charge in [0.1, 0.15) is 0 Å². The summed E-state index contributed by atoms with van der Waals surface area (Å²) < 4.78 is 6.24. The van der Waals surface area contributed by atoms with Crippen LogP contribution in [0.5, 0.6) is 0 Å². The van der Waals surface area contributed by atoms with Crippen LogP contribution in [0.3, 0.4) is 0 Å². The van der Waals surface area contributed by atoms with Gasteiger partial charge < -0.3 is 15.4 Å². The minimum atomic E-state index is -0.0154. The summed E-state index contributed by atoms with van der Waals surface area (Å²) in [6.45, 7) is 2.61. The van der Waals surface area contributed by atoms with Crippen LogP contribution < -0.4 is 10.6 Å². The maximum atomic E-state index is 12.0. The van der Waals surface area contributed by atoms with E-state index < -0.39 is 0 Å². The van der Waals surface area contributed by atoms with E-state index in [-0.39, 0.29) is 17.6 Å². The summed E-state index contributed by atoms with van der Waals surface area (Å²) in [4.78, 5) is 12.0. The zero-order valence-corrected chi connectivity index (χ0v) is 11.7. The van der Waals surface area contributed by atoms with Crippen molar-refractivity contribution < 1.29 is 9.53 Å². The van der Waals surface area contributed by atoms with Gasteiger partial charge in [-0.05, 0) is 44.4 Å². The molecule has 0 saturated carbocycles. The van der Waals surface area contributed by atoms with Crippen LogP contribution in [0, 0.1) is 0 Å². The van der Waals surface area contributed by atoms with Gasteiger partial charge in [-0.1, -0.05) is 18.2 Å². The second-order valence-electron chi connectivity index (χ2n) is 5.82. The summed E-state index contributed by atoms with van der Waals surface area (Å²) in [6, 6.07) is 9.34. The van der Waals surface area contributed by atoms with E-state index in [1.807, 2.05) is 30.3 Å². The van der Waals surface area contributed by atoms with Crippen molar-refractivity contribution in [2.45, 2.75) is 37.4 Å². The Hall–Kier alpha value is -1.39. The van der Waals surface area contributed by atoms with E-state index >= 15 is 0 Å². The average Bonchev–Trinajstić information content (AvgIpc) is 2.93. The predicted molar refractivity (Wildman–Crippen MR) is 77.7 cm³/mol. The maximum Gasteiger partial charge on any atom is 0.251 e. The van der Waals surface area contributed by atoms with Crippen LogP contribution in [-0.2, 0) is 4.74 Å². The zero-order valence-electron chi connectivity index (χ0n) is 11.7. The average molecular weight is 274 g/mol. The highest BCUT2D eigenvalue weighted by atomic mass is 16.5. The van der Waals surface area contributed by atoms with Crippen LogP contribution in [0.1, 0.15) is 36.0 Å². The molecule has 0 unspecified atom stereocenters. The molecule has 2 aliphatic rings. The monoisotopic (exact) mass is 274 g/mol. The molecule has 1 spiro atoms. The fourth-order valence-corrected chi connectivity index (χ4v) is 3.20. The largest absolute Gasteiger partial charge is 0.369 e. The third kappa shape index (κ3) is 3.02. The molecule has 1 amide bonds. The first-order chi connectivity index (χ1) is 9.77. The van der Waals surface area contributed by atoms with Gasteiger partial charge in [0.25, 0.3) is 5.91 Å². The lowest BCUT2D eigenvalue weighted by molar-refractivity contribution is -0.113. The van der Waals surface area contributed by atoms with Gasteiger partial charge >= 0.3 is 0 Å². The van der Waals surface area contributed by atoms with Gasteiger partial charge in [-0.25, -0.2) is 0 Å². The SMILES string of the molecule is O=C(NC[C@H]1CCC[C@]2(CCNC2)O1)c1ccccc1. The molecule has 20 heavy (non-hydrogen) atoms. The van der Waals surface area contributed by atoms with Crippen LogP contribution in [0.2, 0.25) is 0 Å². The molecule has 0 aromatic heterocycles. The molecule has 2 fully saturated rings. The summed E-state index contributed by atoms with van der Waals surface area (Å²) in [5.74, 6) is -0.0154. The quantitative estimate of drug-likeness (QED) is 0.882. The summed E-state index contributed by atoms with van der Waals surface area (Å²) in [5, 5.41) is 6.37. The first kappa shape index (κ1) is 13.6. The van der Waals surface area contributed by atoms with Crippen molar-refractivity contribution in [2.75, 3.05) is 19.6 Å². The first-order valence-electron chi connectivity index (χ1n) is 7.49. The number of hydrogen-bond donors (Lipinski definition) is 2. The van der Waals surface area contributed by atoms with E-state index in [0.29, 0.717) is 12.1 Å². The van der Waals surface area contributed by atoms with Crippen LogP contribution in [0.25, 0.3) is 0 Å². The number of hydrogen-bond acceptors (Lipinski definition) is 3. The van der Waals surface area contributed by atoms with Gasteiger partial charge in [-0.15, -0.1) is 0 Å². The highest BCUT2D eigenvalue weighted by molar-refractivity contribution is 5.94. The fourth-order valence-electron chi connectivity index (χ4n) is 3.20. The first-order valence-corrected chi connectivity index (χ1v) is 7.49. The Kier molecular flexibility index (Phi) is 4.03. The van der Waals surface area contributed by atoms with Crippen molar-refractivity contribution >= 4 is 5.91 Å². The van der Waals surface area contributed by atoms with E-state index in [9.17, 15) is 4.79 Å². The molecule has 2 saturated heterocycles. The van der Waals surface area contributed by atoms with E-state index in [4.69, 9.17) is 4.74 Å². The smallest absolute Gasteiger partial charge is 0.251 e. The van der Waals surface area contributed by atoms with E-state index in [0.717, 1.165) is 32.4 Å². The summed E-state index contributed by atoms with van der Waals surface area (Å²) in [6.07, 6.45) is 4.61. The van der Waals surface area contributed by atoms with Crippen LogP contribution in [0.4, 0.5) is 0 Å². The second-order valence-corrected chi connectivity index (χ2v) is 5.82. The van der Waals surface area contributed by atoms with Crippen LogP contribution in [-0.4, -0.2) is 37.2 Å².